The van der Waals surface area contributed by atoms with Gasteiger partial charge >= 0.3 is 25.8 Å². The molecule has 0 amide bonds. The summed E-state index contributed by atoms with van der Waals surface area (Å²) in [6.07, 6.45) is 0. The second kappa shape index (κ2) is 10.3. The molecule has 0 heterocycles. The number of hydrogen-bond donors (Lipinski definition) is 0. The van der Waals surface area contributed by atoms with E-state index in [0.29, 0.717) is 5.92 Å². The zero-order valence-corrected chi connectivity index (χ0v) is 21.7. The fourth-order valence-electron chi connectivity index (χ4n) is 3.72. The van der Waals surface area contributed by atoms with Gasteiger partial charge in [-0.1, -0.05) is 71.4 Å². The molecular formula is C26H32Hf. The van der Waals surface area contributed by atoms with E-state index in [-0.39, 0.29) is 40.7 Å². The van der Waals surface area contributed by atoms with Gasteiger partial charge in [-0.2, -0.15) is 52.1 Å². The third kappa shape index (κ3) is 4.57. The molecule has 27 heavy (non-hydrogen) atoms. The molecule has 1 aliphatic rings. The number of rotatable bonds is 0. The molecule has 0 spiro atoms. The Balaban J connectivity index is 0.000000473. The molecular weight excluding hydrogens is 491 g/mol. The summed E-state index contributed by atoms with van der Waals surface area (Å²) in [6.45, 7) is 13.2. The van der Waals surface area contributed by atoms with Gasteiger partial charge in [0, 0.05) is 0 Å². The summed E-state index contributed by atoms with van der Waals surface area (Å²) in [5.41, 5.74) is 12.9. The fraction of sp³-hybridized carbons (Fsp3) is 0.269. The van der Waals surface area contributed by atoms with Gasteiger partial charge < -0.3 is 14.9 Å². The van der Waals surface area contributed by atoms with E-state index >= 15 is 0 Å². The molecule has 1 unspecified atom stereocenters. The van der Waals surface area contributed by atoms with Crippen LogP contribution in [0.5, 0.6) is 0 Å². The Morgan fingerprint density at radius 3 is 1.85 bits per heavy atom. The third-order valence-electron chi connectivity index (χ3n) is 5.85. The summed E-state index contributed by atoms with van der Waals surface area (Å²) in [4.78, 5) is 0. The molecule has 1 heteroatoms. The van der Waals surface area contributed by atoms with E-state index in [2.05, 4.69) is 84.0 Å². The molecule has 1 aliphatic carbocycles. The Hall–Kier alpha value is -1.34. The first-order valence-corrected chi connectivity index (χ1v) is 8.73. The van der Waals surface area contributed by atoms with Gasteiger partial charge in [0.15, 0.2) is 0 Å². The molecule has 0 bridgehead atoms. The molecule has 0 aliphatic heterocycles. The second-order valence-electron chi connectivity index (χ2n) is 6.93. The average molecular weight is 523 g/mol. The average Bonchev–Trinajstić information content (AvgIpc) is 3.00. The minimum absolute atomic E-state index is 0. The van der Waals surface area contributed by atoms with Crippen LogP contribution in [0.4, 0.5) is 0 Å². The van der Waals surface area contributed by atoms with Gasteiger partial charge in [0.05, 0.1) is 0 Å². The van der Waals surface area contributed by atoms with Crippen LogP contribution in [0.25, 0.3) is 11.1 Å². The van der Waals surface area contributed by atoms with E-state index in [4.69, 9.17) is 0 Å². The summed E-state index contributed by atoms with van der Waals surface area (Å²) in [5, 5.41) is 0. The monoisotopic (exact) mass is 524 g/mol. The van der Waals surface area contributed by atoms with Crippen LogP contribution in [-0.4, -0.2) is 0 Å². The summed E-state index contributed by atoms with van der Waals surface area (Å²) in [7, 11) is 0. The van der Waals surface area contributed by atoms with Gasteiger partial charge in [-0.05, 0) is 11.5 Å². The van der Waals surface area contributed by atoms with Crippen molar-refractivity contribution in [3.05, 3.63) is 102 Å². The van der Waals surface area contributed by atoms with Crippen LogP contribution < -0.4 is 0 Å². The molecule has 0 fully saturated rings. The van der Waals surface area contributed by atoms with Crippen molar-refractivity contribution in [1.29, 1.82) is 0 Å². The molecule has 0 radical (unpaired) electrons. The van der Waals surface area contributed by atoms with Gasteiger partial charge in [0.2, 0.25) is 0 Å². The Morgan fingerprint density at radius 2 is 1.33 bits per heavy atom. The SMILES string of the molecule is CC1c2[c-]cccc2-c2ccccc21.Cc1c(C)c(C)[c-](C)c1C.[CH3-].[CH3-].[Hf+4]. The minimum Gasteiger partial charge on any atom is -0.358 e. The molecule has 0 nitrogen and oxygen atoms in total. The number of hydrogen-bond acceptors (Lipinski definition) is 0. The van der Waals surface area contributed by atoms with Gasteiger partial charge in [-0.3, -0.25) is 0 Å². The Kier molecular flexibility index (Phi) is 9.76. The van der Waals surface area contributed by atoms with Crippen molar-refractivity contribution in [2.45, 2.75) is 47.5 Å². The Morgan fingerprint density at radius 1 is 0.815 bits per heavy atom. The Labute approximate surface area is 186 Å². The predicted octanol–water partition coefficient (Wildman–Crippen LogP) is 7.46. The third-order valence-corrected chi connectivity index (χ3v) is 5.85. The van der Waals surface area contributed by atoms with Crippen molar-refractivity contribution in [2.24, 2.45) is 0 Å². The molecule has 4 rings (SSSR count). The maximum Gasteiger partial charge on any atom is 4.00 e. The number of benzene rings is 2. The van der Waals surface area contributed by atoms with Crippen molar-refractivity contribution in [3.63, 3.8) is 0 Å². The number of fused-ring (bicyclic) bond motifs is 3. The first-order valence-electron chi connectivity index (χ1n) is 8.73. The normalized spacial score (nSPS) is 13.0. The van der Waals surface area contributed by atoms with E-state index in [1.807, 2.05) is 6.07 Å². The van der Waals surface area contributed by atoms with Gasteiger partial charge in [-0.15, -0.1) is 11.1 Å². The van der Waals surface area contributed by atoms with E-state index in [1.54, 1.807) is 0 Å². The van der Waals surface area contributed by atoms with Gasteiger partial charge in [-0.25, -0.2) is 0 Å². The standard InChI is InChI=1S/C14H11.C10H15.2CH3.Hf/c1-10-11-6-2-4-8-13(11)14-9-5-3-7-12(10)14;1-6-7(2)9(4)10(5)8(6)3;;;/h2-6,8-10H,1H3;1-5H3;2*1H3;/q4*-1;+4. The topological polar surface area (TPSA) is 0 Å². The van der Waals surface area contributed by atoms with E-state index < -0.39 is 0 Å². The van der Waals surface area contributed by atoms with Crippen LogP contribution in [0.2, 0.25) is 0 Å². The summed E-state index contributed by atoms with van der Waals surface area (Å²) < 4.78 is 0. The molecule has 140 valence electrons. The van der Waals surface area contributed by atoms with Crippen molar-refractivity contribution < 1.29 is 25.8 Å². The first kappa shape index (κ1) is 25.7. The molecule has 0 aromatic heterocycles. The molecule has 3 aromatic carbocycles. The quantitative estimate of drug-likeness (QED) is 0.212. The van der Waals surface area contributed by atoms with Crippen molar-refractivity contribution in [3.8, 4) is 11.1 Å². The Bertz CT molecular complexity index is 757. The molecule has 3 aromatic rings. The minimum atomic E-state index is 0. The van der Waals surface area contributed by atoms with E-state index in [1.165, 1.54) is 50.1 Å². The zero-order valence-electron chi connectivity index (χ0n) is 18.1. The van der Waals surface area contributed by atoms with Crippen LogP contribution >= 0.6 is 0 Å². The van der Waals surface area contributed by atoms with Crippen LogP contribution in [0, 0.1) is 55.5 Å². The fourth-order valence-corrected chi connectivity index (χ4v) is 3.72. The van der Waals surface area contributed by atoms with E-state index in [0.717, 1.165) is 0 Å². The predicted molar refractivity (Wildman–Crippen MR) is 117 cm³/mol. The van der Waals surface area contributed by atoms with Crippen molar-refractivity contribution >= 4 is 0 Å². The van der Waals surface area contributed by atoms with Gasteiger partial charge in [0.1, 0.15) is 0 Å². The molecule has 0 N–H and O–H groups in total. The second-order valence-corrected chi connectivity index (χ2v) is 6.93. The van der Waals surface area contributed by atoms with Crippen LogP contribution in [-0.2, 0) is 25.8 Å². The molecule has 0 saturated heterocycles. The largest absolute Gasteiger partial charge is 4.00 e. The smallest absolute Gasteiger partial charge is 0.358 e. The van der Waals surface area contributed by atoms with Crippen LogP contribution in [0.15, 0.2) is 42.5 Å². The molecule has 1 atom stereocenters. The first-order chi connectivity index (χ1) is 11.4. The van der Waals surface area contributed by atoms with Crippen molar-refractivity contribution in [1.82, 2.24) is 0 Å². The summed E-state index contributed by atoms with van der Waals surface area (Å²) in [5.74, 6) is 0.502. The summed E-state index contributed by atoms with van der Waals surface area (Å²) >= 11 is 0. The van der Waals surface area contributed by atoms with Crippen LogP contribution in [0.3, 0.4) is 0 Å². The van der Waals surface area contributed by atoms with Crippen molar-refractivity contribution in [2.75, 3.05) is 0 Å². The zero-order chi connectivity index (χ0) is 17.4. The van der Waals surface area contributed by atoms with E-state index in [9.17, 15) is 0 Å². The van der Waals surface area contributed by atoms with Crippen LogP contribution in [0.1, 0.15) is 51.8 Å². The maximum absolute atomic E-state index is 3.35. The molecule has 0 saturated carbocycles. The van der Waals surface area contributed by atoms with Gasteiger partial charge in [0.25, 0.3) is 0 Å². The summed E-state index contributed by atoms with van der Waals surface area (Å²) in [6, 6.07) is 18.2. The maximum atomic E-state index is 3.35.